The van der Waals surface area contributed by atoms with Crippen molar-refractivity contribution < 1.29 is 9.53 Å². The fourth-order valence-electron chi connectivity index (χ4n) is 2.66. The van der Waals surface area contributed by atoms with E-state index in [0.717, 1.165) is 5.56 Å². The Hall–Kier alpha value is -4.06. The van der Waals surface area contributed by atoms with Crippen molar-refractivity contribution in [3.8, 4) is 17.9 Å². The number of nitriles is 2. The zero-order chi connectivity index (χ0) is 21.3. The van der Waals surface area contributed by atoms with Crippen molar-refractivity contribution in [2.45, 2.75) is 6.61 Å². The van der Waals surface area contributed by atoms with Crippen molar-refractivity contribution in [1.29, 1.82) is 10.5 Å². The van der Waals surface area contributed by atoms with Crippen LogP contribution >= 0.6 is 11.6 Å². The number of halogens is 1. The van der Waals surface area contributed by atoms with E-state index in [0.29, 0.717) is 34.2 Å². The summed E-state index contributed by atoms with van der Waals surface area (Å²) in [5.41, 5.74) is 2.45. The number of anilines is 1. The molecule has 0 aliphatic rings. The maximum absolute atomic E-state index is 12.4. The van der Waals surface area contributed by atoms with E-state index in [-0.39, 0.29) is 5.57 Å². The van der Waals surface area contributed by atoms with Gasteiger partial charge in [-0.2, -0.15) is 10.5 Å². The SMILES string of the molecule is N#C/C(=C\c1cccc(OCc2cccc(C#N)c2)c1)C(=O)Nc1ccccc1Cl. The van der Waals surface area contributed by atoms with Gasteiger partial charge in [-0.05, 0) is 53.6 Å². The lowest BCUT2D eigenvalue weighted by Gasteiger charge is -2.08. The standard InChI is InChI=1S/C24H16ClN3O2/c25-22-9-1-2-10-23(22)28-24(29)20(15-27)12-17-5-4-8-21(13-17)30-16-19-7-3-6-18(11-19)14-26/h1-13H,16H2,(H,28,29)/b20-12+. The largest absolute Gasteiger partial charge is 0.489 e. The Morgan fingerprint density at radius 3 is 2.60 bits per heavy atom. The molecule has 0 aliphatic carbocycles. The minimum absolute atomic E-state index is 0.0613. The van der Waals surface area contributed by atoms with Gasteiger partial charge in [-0.1, -0.05) is 48.0 Å². The second-order valence-electron chi connectivity index (χ2n) is 6.28. The van der Waals surface area contributed by atoms with Crippen LogP contribution in [0.15, 0.2) is 78.4 Å². The molecule has 3 aromatic rings. The summed E-state index contributed by atoms with van der Waals surface area (Å²) in [6, 6.07) is 25.0. The summed E-state index contributed by atoms with van der Waals surface area (Å²) in [6.07, 6.45) is 1.48. The monoisotopic (exact) mass is 413 g/mol. The van der Waals surface area contributed by atoms with Crippen molar-refractivity contribution in [3.63, 3.8) is 0 Å². The topological polar surface area (TPSA) is 85.9 Å². The number of amides is 1. The predicted molar refractivity (Wildman–Crippen MR) is 116 cm³/mol. The zero-order valence-electron chi connectivity index (χ0n) is 15.8. The second kappa shape index (κ2) is 9.93. The normalized spacial score (nSPS) is 10.6. The van der Waals surface area contributed by atoms with E-state index >= 15 is 0 Å². The number of benzene rings is 3. The minimum atomic E-state index is -0.551. The van der Waals surface area contributed by atoms with Crippen LogP contribution in [-0.4, -0.2) is 5.91 Å². The van der Waals surface area contributed by atoms with Gasteiger partial charge in [0.25, 0.3) is 5.91 Å². The highest BCUT2D eigenvalue weighted by atomic mass is 35.5. The second-order valence-corrected chi connectivity index (χ2v) is 6.68. The molecule has 146 valence electrons. The van der Waals surface area contributed by atoms with Crippen molar-refractivity contribution in [1.82, 2.24) is 0 Å². The Kier molecular flexibility index (Phi) is 6.84. The number of rotatable bonds is 6. The molecule has 0 fully saturated rings. The van der Waals surface area contributed by atoms with E-state index in [4.69, 9.17) is 21.6 Å². The smallest absolute Gasteiger partial charge is 0.266 e. The lowest BCUT2D eigenvalue weighted by molar-refractivity contribution is -0.112. The highest BCUT2D eigenvalue weighted by Gasteiger charge is 2.11. The predicted octanol–water partition coefficient (Wildman–Crippen LogP) is 5.34. The number of para-hydroxylation sites is 1. The molecule has 1 amide bonds. The quantitative estimate of drug-likeness (QED) is 0.436. The Morgan fingerprint density at radius 1 is 1.03 bits per heavy atom. The fraction of sp³-hybridized carbons (Fsp3) is 0.0417. The van der Waals surface area contributed by atoms with Gasteiger partial charge in [0.05, 0.1) is 22.3 Å². The van der Waals surface area contributed by atoms with E-state index in [9.17, 15) is 10.1 Å². The highest BCUT2D eigenvalue weighted by molar-refractivity contribution is 6.34. The van der Waals surface area contributed by atoms with Crippen LogP contribution in [0.5, 0.6) is 5.75 Å². The average Bonchev–Trinajstić information content (AvgIpc) is 2.78. The molecule has 5 nitrogen and oxygen atoms in total. The molecule has 6 heteroatoms. The number of hydrogen-bond donors (Lipinski definition) is 1. The average molecular weight is 414 g/mol. The molecule has 3 rings (SSSR count). The first-order valence-corrected chi connectivity index (χ1v) is 9.36. The number of nitrogens with zero attached hydrogens (tertiary/aromatic N) is 2. The summed E-state index contributed by atoms with van der Waals surface area (Å²) in [5.74, 6) is 0.0279. The third-order valence-electron chi connectivity index (χ3n) is 4.12. The molecule has 0 saturated heterocycles. The Balaban J connectivity index is 1.72. The van der Waals surface area contributed by atoms with Gasteiger partial charge in [-0.25, -0.2) is 0 Å². The van der Waals surface area contributed by atoms with E-state index in [1.807, 2.05) is 12.1 Å². The van der Waals surface area contributed by atoms with E-state index < -0.39 is 5.91 Å². The van der Waals surface area contributed by atoms with Gasteiger partial charge in [-0.15, -0.1) is 0 Å². The van der Waals surface area contributed by atoms with Crippen molar-refractivity contribution in [2.75, 3.05) is 5.32 Å². The summed E-state index contributed by atoms with van der Waals surface area (Å²) < 4.78 is 5.78. The highest BCUT2D eigenvalue weighted by Crippen LogP contribution is 2.22. The van der Waals surface area contributed by atoms with Crippen LogP contribution in [-0.2, 0) is 11.4 Å². The molecule has 0 unspecified atom stereocenters. The molecule has 0 saturated carbocycles. The molecule has 0 spiro atoms. The molecular weight excluding hydrogens is 398 g/mol. The van der Waals surface area contributed by atoms with Gasteiger partial charge in [0.1, 0.15) is 24.0 Å². The molecule has 3 aromatic carbocycles. The van der Waals surface area contributed by atoms with Crippen LogP contribution in [0.4, 0.5) is 5.69 Å². The van der Waals surface area contributed by atoms with Gasteiger partial charge >= 0.3 is 0 Å². The van der Waals surface area contributed by atoms with E-state index in [1.54, 1.807) is 66.7 Å². The van der Waals surface area contributed by atoms with Gasteiger partial charge in [0.2, 0.25) is 0 Å². The molecule has 0 radical (unpaired) electrons. The Labute approximate surface area is 179 Å². The number of hydrogen-bond acceptors (Lipinski definition) is 4. The number of carbonyl (C=O) groups is 1. The molecule has 0 heterocycles. The van der Waals surface area contributed by atoms with Crippen LogP contribution in [0.25, 0.3) is 6.08 Å². The summed E-state index contributed by atoms with van der Waals surface area (Å²) in [7, 11) is 0. The third-order valence-corrected chi connectivity index (χ3v) is 4.45. The Bertz CT molecular complexity index is 1190. The number of nitrogens with one attached hydrogen (secondary N) is 1. The molecule has 0 bridgehead atoms. The van der Waals surface area contributed by atoms with Gasteiger partial charge in [0, 0.05) is 0 Å². The Morgan fingerprint density at radius 2 is 1.83 bits per heavy atom. The van der Waals surface area contributed by atoms with Crippen LogP contribution in [0.3, 0.4) is 0 Å². The lowest BCUT2D eigenvalue weighted by Crippen LogP contribution is -2.13. The molecule has 0 atom stereocenters. The van der Waals surface area contributed by atoms with Crippen LogP contribution in [0.1, 0.15) is 16.7 Å². The molecular formula is C24H16ClN3O2. The summed E-state index contributed by atoms with van der Waals surface area (Å²) in [5, 5.41) is 21.4. The summed E-state index contributed by atoms with van der Waals surface area (Å²) in [6.45, 7) is 0.292. The van der Waals surface area contributed by atoms with E-state index in [2.05, 4.69) is 11.4 Å². The third kappa shape index (κ3) is 5.48. The van der Waals surface area contributed by atoms with E-state index in [1.165, 1.54) is 6.08 Å². The van der Waals surface area contributed by atoms with Crippen molar-refractivity contribution >= 4 is 29.3 Å². The lowest BCUT2D eigenvalue weighted by atomic mass is 10.1. The van der Waals surface area contributed by atoms with Crippen molar-refractivity contribution in [3.05, 3.63) is 100 Å². The first kappa shape index (κ1) is 20.7. The van der Waals surface area contributed by atoms with Gasteiger partial charge < -0.3 is 10.1 Å². The maximum Gasteiger partial charge on any atom is 0.266 e. The van der Waals surface area contributed by atoms with Crippen molar-refractivity contribution in [2.24, 2.45) is 0 Å². The minimum Gasteiger partial charge on any atom is -0.489 e. The first-order valence-electron chi connectivity index (χ1n) is 8.98. The number of ether oxygens (including phenoxy) is 1. The summed E-state index contributed by atoms with van der Waals surface area (Å²) >= 11 is 6.05. The number of carbonyl (C=O) groups excluding carboxylic acids is 1. The van der Waals surface area contributed by atoms with Gasteiger partial charge in [0.15, 0.2) is 0 Å². The molecule has 0 aromatic heterocycles. The molecule has 1 N–H and O–H groups in total. The maximum atomic E-state index is 12.4. The van der Waals surface area contributed by atoms with Crippen LogP contribution < -0.4 is 10.1 Å². The van der Waals surface area contributed by atoms with Crippen LogP contribution in [0.2, 0.25) is 5.02 Å². The summed E-state index contributed by atoms with van der Waals surface area (Å²) in [4.78, 5) is 12.4. The van der Waals surface area contributed by atoms with Gasteiger partial charge in [-0.3, -0.25) is 4.79 Å². The molecule has 0 aliphatic heterocycles. The fourth-order valence-corrected chi connectivity index (χ4v) is 2.84. The zero-order valence-corrected chi connectivity index (χ0v) is 16.6. The molecule has 30 heavy (non-hydrogen) atoms. The van der Waals surface area contributed by atoms with Crippen LogP contribution in [0, 0.1) is 22.7 Å². The first-order chi connectivity index (χ1) is 14.6.